The Morgan fingerprint density at radius 1 is 1.30 bits per heavy atom. The molecule has 2 aromatic rings. The average molecular weight is 295 g/mol. The van der Waals surface area contributed by atoms with Crippen LogP contribution in [0.3, 0.4) is 0 Å². The van der Waals surface area contributed by atoms with E-state index in [1.165, 1.54) is 10.4 Å². The van der Waals surface area contributed by atoms with Crippen LogP contribution in [0, 0.1) is 13.8 Å². The summed E-state index contributed by atoms with van der Waals surface area (Å²) in [5.74, 6) is 1.16. The van der Waals surface area contributed by atoms with Crippen LogP contribution in [0.5, 0.6) is 0 Å². The largest absolute Gasteiger partial charge is 0.383 e. The van der Waals surface area contributed by atoms with Gasteiger partial charge in [0.2, 0.25) is 0 Å². The van der Waals surface area contributed by atoms with E-state index in [0.717, 1.165) is 10.2 Å². The normalized spacial score (nSPS) is 13.0. The van der Waals surface area contributed by atoms with Crippen molar-refractivity contribution in [1.82, 2.24) is 9.97 Å². The van der Waals surface area contributed by atoms with Crippen LogP contribution in [0.1, 0.15) is 30.1 Å². The van der Waals surface area contributed by atoms with Crippen LogP contribution in [0.4, 0.5) is 5.82 Å². The third kappa shape index (κ3) is 3.26. The van der Waals surface area contributed by atoms with Gasteiger partial charge in [-0.25, -0.2) is 9.97 Å². The maximum Gasteiger partial charge on any atom is 0.158 e. The summed E-state index contributed by atoms with van der Waals surface area (Å²) >= 11 is 1.64. The zero-order valence-corrected chi connectivity index (χ0v) is 13.2. The minimum absolute atomic E-state index is 0.0160. The van der Waals surface area contributed by atoms with Gasteiger partial charge in [-0.05, 0) is 33.3 Å². The van der Waals surface area contributed by atoms with E-state index < -0.39 is 0 Å². The maximum atomic E-state index is 6.03. The SMILES string of the molecule is CCOCC(C)OCc1nc(N)c2c(C)c(C)sc2n1. The average Bonchev–Trinajstić information content (AvgIpc) is 2.69. The maximum absolute atomic E-state index is 6.03. The lowest BCUT2D eigenvalue weighted by Crippen LogP contribution is -2.16. The van der Waals surface area contributed by atoms with Gasteiger partial charge in [0.05, 0.1) is 18.1 Å². The Labute approximate surface area is 123 Å². The summed E-state index contributed by atoms with van der Waals surface area (Å²) in [5, 5.41) is 0.971. The Morgan fingerprint density at radius 2 is 2.05 bits per heavy atom. The highest BCUT2D eigenvalue weighted by atomic mass is 32.1. The standard InChI is InChI=1S/C14H21N3O2S/c1-5-18-6-8(2)19-7-11-16-13(15)12-9(3)10(4)20-14(12)17-11/h8H,5-7H2,1-4H3,(H2,15,16,17). The number of nitrogens with zero attached hydrogens (tertiary/aromatic N) is 2. The number of aromatic nitrogens is 2. The van der Waals surface area contributed by atoms with Crippen molar-refractivity contribution in [2.75, 3.05) is 18.9 Å². The summed E-state index contributed by atoms with van der Waals surface area (Å²) in [7, 11) is 0. The fourth-order valence-corrected chi connectivity index (χ4v) is 3.00. The highest BCUT2D eigenvalue weighted by Gasteiger charge is 2.13. The summed E-state index contributed by atoms with van der Waals surface area (Å²) in [5.41, 5.74) is 7.20. The van der Waals surface area contributed by atoms with E-state index in [2.05, 4.69) is 16.9 Å². The zero-order valence-electron chi connectivity index (χ0n) is 12.4. The molecule has 0 aliphatic heterocycles. The molecule has 0 saturated heterocycles. The molecule has 2 aromatic heterocycles. The summed E-state index contributed by atoms with van der Waals surface area (Å²) < 4.78 is 11.0. The third-order valence-electron chi connectivity index (χ3n) is 3.16. The molecule has 0 bridgehead atoms. The van der Waals surface area contributed by atoms with Crippen molar-refractivity contribution in [2.24, 2.45) is 0 Å². The summed E-state index contributed by atoms with van der Waals surface area (Å²) in [6.07, 6.45) is 0.0160. The number of thiophene rings is 1. The van der Waals surface area contributed by atoms with Gasteiger partial charge in [-0.2, -0.15) is 0 Å². The molecule has 0 spiro atoms. The number of aryl methyl sites for hydroxylation is 2. The predicted octanol–water partition coefficient (Wildman–Crippen LogP) is 2.83. The van der Waals surface area contributed by atoms with Crippen molar-refractivity contribution in [3.63, 3.8) is 0 Å². The van der Waals surface area contributed by atoms with E-state index in [1.807, 2.05) is 20.8 Å². The van der Waals surface area contributed by atoms with E-state index >= 15 is 0 Å². The van der Waals surface area contributed by atoms with Crippen LogP contribution in [0.15, 0.2) is 0 Å². The lowest BCUT2D eigenvalue weighted by atomic mass is 10.2. The smallest absolute Gasteiger partial charge is 0.158 e. The van der Waals surface area contributed by atoms with Gasteiger partial charge in [0, 0.05) is 11.5 Å². The fourth-order valence-electron chi connectivity index (χ4n) is 1.94. The molecular formula is C14H21N3O2S. The second-order valence-electron chi connectivity index (χ2n) is 4.77. The van der Waals surface area contributed by atoms with E-state index in [1.54, 1.807) is 11.3 Å². The van der Waals surface area contributed by atoms with Crippen LogP contribution >= 0.6 is 11.3 Å². The Morgan fingerprint density at radius 3 is 2.75 bits per heavy atom. The quantitative estimate of drug-likeness (QED) is 0.887. The molecule has 2 N–H and O–H groups in total. The molecule has 0 aromatic carbocycles. The van der Waals surface area contributed by atoms with Gasteiger partial charge >= 0.3 is 0 Å². The van der Waals surface area contributed by atoms with Crippen molar-refractivity contribution >= 4 is 27.4 Å². The molecule has 110 valence electrons. The molecule has 0 amide bonds. The molecular weight excluding hydrogens is 274 g/mol. The molecule has 2 heterocycles. The van der Waals surface area contributed by atoms with Crippen LogP contribution in [0.2, 0.25) is 0 Å². The van der Waals surface area contributed by atoms with Crippen molar-refractivity contribution < 1.29 is 9.47 Å². The zero-order chi connectivity index (χ0) is 14.7. The summed E-state index contributed by atoms with van der Waals surface area (Å²) in [4.78, 5) is 11.0. The molecule has 20 heavy (non-hydrogen) atoms. The van der Waals surface area contributed by atoms with Crippen LogP contribution in [-0.4, -0.2) is 29.3 Å². The number of hydrogen-bond donors (Lipinski definition) is 1. The number of ether oxygens (including phenoxy) is 2. The first-order valence-electron chi connectivity index (χ1n) is 6.74. The lowest BCUT2D eigenvalue weighted by Gasteiger charge is -2.12. The Bertz CT molecular complexity index is 598. The van der Waals surface area contributed by atoms with Gasteiger partial charge in [-0.3, -0.25) is 0 Å². The van der Waals surface area contributed by atoms with Crippen molar-refractivity contribution in [1.29, 1.82) is 0 Å². The Hall–Kier alpha value is -1.24. The molecule has 6 heteroatoms. The number of fused-ring (bicyclic) bond motifs is 1. The number of rotatable bonds is 6. The minimum atomic E-state index is 0.0160. The lowest BCUT2D eigenvalue weighted by molar-refractivity contribution is -0.0138. The number of nitrogens with two attached hydrogens (primary N) is 1. The first-order chi connectivity index (χ1) is 9.52. The van der Waals surface area contributed by atoms with Gasteiger partial charge in [-0.15, -0.1) is 11.3 Å². The molecule has 0 aliphatic rings. The van der Waals surface area contributed by atoms with Gasteiger partial charge < -0.3 is 15.2 Å². The van der Waals surface area contributed by atoms with Gasteiger partial charge in [0.1, 0.15) is 17.3 Å². The third-order valence-corrected chi connectivity index (χ3v) is 4.26. The second kappa shape index (κ2) is 6.47. The van der Waals surface area contributed by atoms with E-state index in [0.29, 0.717) is 31.5 Å². The van der Waals surface area contributed by atoms with E-state index in [-0.39, 0.29) is 6.10 Å². The number of hydrogen-bond acceptors (Lipinski definition) is 6. The van der Waals surface area contributed by atoms with E-state index in [9.17, 15) is 0 Å². The van der Waals surface area contributed by atoms with Crippen LogP contribution < -0.4 is 5.73 Å². The Kier molecular flexibility index (Phi) is 4.91. The van der Waals surface area contributed by atoms with Crippen molar-refractivity contribution in [3.05, 3.63) is 16.3 Å². The molecule has 1 unspecified atom stereocenters. The van der Waals surface area contributed by atoms with Crippen molar-refractivity contribution in [3.8, 4) is 0 Å². The fraction of sp³-hybridized carbons (Fsp3) is 0.571. The topological polar surface area (TPSA) is 70.3 Å². The first kappa shape index (κ1) is 15.2. The monoisotopic (exact) mass is 295 g/mol. The summed E-state index contributed by atoms with van der Waals surface area (Å²) in [6.45, 7) is 9.67. The number of anilines is 1. The first-order valence-corrected chi connectivity index (χ1v) is 7.56. The Balaban J connectivity index is 2.12. The second-order valence-corrected chi connectivity index (χ2v) is 5.97. The van der Waals surface area contributed by atoms with Crippen LogP contribution in [0.25, 0.3) is 10.2 Å². The molecule has 1 atom stereocenters. The highest BCUT2D eigenvalue weighted by molar-refractivity contribution is 7.18. The number of nitrogen functional groups attached to an aromatic ring is 1. The molecule has 0 saturated carbocycles. The minimum Gasteiger partial charge on any atom is -0.383 e. The van der Waals surface area contributed by atoms with Crippen LogP contribution in [-0.2, 0) is 16.1 Å². The molecule has 0 aliphatic carbocycles. The molecule has 5 nitrogen and oxygen atoms in total. The molecule has 0 radical (unpaired) electrons. The summed E-state index contributed by atoms with van der Waals surface area (Å²) in [6, 6.07) is 0. The highest BCUT2D eigenvalue weighted by Crippen LogP contribution is 2.31. The van der Waals surface area contributed by atoms with Gasteiger partial charge in [-0.1, -0.05) is 0 Å². The van der Waals surface area contributed by atoms with Crippen molar-refractivity contribution in [2.45, 2.75) is 40.4 Å². The molecule has 2 rings (SSSR count). The van der Waals surface area contributed by atoms with Gasteiger partial charge in [0.15, 0.2) is 5.82 Å². The van der Waals surface area contributed by atoms with E-state index in [4.69, 9.17) is 15.2 Å². The molecule has 0 fully saturated rings. The predicted molar refractivity (Wildman–Crippen MR) is 82.0 cm³/mol. The van der Waals surface area contributed by atoms with Gasteiger partial charge in [0.25, 0.3) is 0 Å².